The Balaban J connectivity index is 1.83. The number of halogens is 1. The largest absolute Gasteiger partial charge is 0.497 e. The van der Waals surface area contributed by atoms with Crippen LogP contribution in [-0.2, 0) is 6.54 Å². The van der Waals surface area contributed by atoms with Gasteiger partial charge >= 0.3 is 0 Å². The van der Waals surface area contributed by atoms with Crippen molar-refractivity contribution in [2.45, 2.75) is 6.54 Å². The molecule has 140 valence electrons. The summed E-state index contributed by atoms with van der Waals surface area (Å²) in [4.78, 5) is 17.9. The Bertz CT molecular complexity index is 1190. The number of para-hydroxylation sites is 1. The highest BCUT2D eigenvalue weighted by molar-refractivity contribution is 6.30. The van der Waals surface area contributed by atoms with Gasteiger partial charge in [-0.25, -0.2) is 9.66 Å². The van der Waals surface area contributed by atoms with Crippen LogP contribution in [0.1, 0.15) is 5.56 Å². The second kappa shape index (κ2) is 7.74. The maximum absolute atomic E-state index is 13.2. The number of ether oxygens (including phenoxy) is 1. The number of aromatic nitrogens is 2. The van der Waals surface area contributed by atoms with Crippen LogP contribution < -0.4 is 15.7 Å². The van der Waals surface area contributed by atoms with Crippen LogP contribution in [0.2, 0.25) is 5.02 Å². The Morgan fingerprint density at radius 1 is 1.04 bits per heavy atom. The minimum absolute atomic E-state index is 0.155. The van der Waals surface area contributed by atoms with E-state index < -0.39 is 0 Å². The van der Waals surface area contributed by atoms with Crippen LogP contribution in [0.4, 0.5) is 0 Å². The molecule has 0 spiro atoms. The summed E-state index contributed by atoms with van der Waals surface area (Å²) in [6.45, 7) is 0.452. The average molecular weight is 392 g/mol. The van der Waals surface area contributed by atoms with Crippen LogP contribution in [0.5, 0.6) is 5.75 Å². The van der Waals surface area contributed by atoms with Gasteiger partial charge in [0.05, 0.1) is 24.6 Å². The van der Waals surface area contributed by atoms with Crippen molar-refractivity contribution in [1.82, 2.24) is 9.66 Å². The molecule has 0 atom stereocenters. The van der Waals surface area contributed by atoms with Crippen molar-refractivity contribution < 1.29 is 4.74 Å². The quantitative estimate of drug-likeness (QED) is 0.545. The van der Waals surface area contributed by atoms with Crippen LogP contribution in [0.3, 0.4) is 0 Å². The monoisotopic (exact) mass is 391 g/mol. The molecular weight excluding hydrogens is 374 g/mol. The first-order valence-electron chi connectivity index (χ1n) is 8.80. The van der Waals surface area contributed by atoms with Gasteiger partial charge in [0.1, 0.15) is 5.75 Å². The highest BCUT2D eigenvalue weighted by Gasteiger charge is 2.13. The molecule has 1 N–H and O–H groups in total. The van der Waals surface area contributed by atoms with Gasteiger partial charge in [0.2, 0.25) is 0 Å². The molecule has 0 aliphatic carbocycles. The lowest BCUT2D eigenvalue weighted by molar-refractivity contribution is 0.415. The van der Waals surface area contributed by atoms with Crippen molar-refractivity contribution in [2.24, 2.45) is 0 Å². The Morgan fingerprint density at radius 3 is 2.61 bits per heavy atom. The summed E-state index contributed by atoms with van der Waals surface area (Å²) in [5.74, 6) is 1.22. The van der Waals surface area contributed by atoms with E-state index in [1.165, 1.54) is 4.68 Å². The normalized spacial score (nSPS) is 10.8. The lowest BCUT2D eigenvalue weighted by atomic mass is 10.1. The van der Waals surface area contributed by atoms with Crippen LogP contribution in [0.25, 0.3) is 22.3 Å². The maximum atomic E-state index is 13.2. The molecule has 4 aromatic rings. The molecule has 0 bridgehead atoms. The molecule has 1 aromatic heterocycles. The molecule has 3 aromatic carbocycles. The van der Waals surface area contributed by atoms with Crippen LogP contribution >= 0.6 is 11.6 Å². The first-order chi connectivity index (χ1) is 13.7. The van der Waals surface area contributed by atoms with Crippen molar-refractivity contribution in [2.75, 3.05) is 12.5 Å². The topological polar surface area (TPSA) is 56.1 Å². The summed E-state index contributed by atoms with van der Waals surface area (Å²) < 4.78 is 6.82. The van der Waals surface area contributed by atoms with Gasteiger partial charge in [-0.2, -0.15) is 0 Å². The Kier molecular flexibility index (Phi) is 5.00. The third-order valence-corrected chi connectivity index (χ3v) is 4.71. The first-order valence-corrected chi connectivity index (χ1v) is 9.18. The molecular formula is C22H18ClN3O2. The molecule has 4 rings (SSSR count). The van der Waals surface area contributed by atoms with Gasteiger partial charge in [0.25, 0.3) is 5.56 Å². The standard InChI is InChI=1S/C22H18ClN3O2/c1-28-18-6-4-5-16(13-18)21-25-20-8-3-2-7-19(20)22(27)26(21)24-14-15-9-11-17(23)12-10-15/h2-13,24H,14H2,1H3. The van der Waals surface area contributed by atoms with E-state index in [1.54, 1.807) is 13.2 Å². The van der Waals surface area contributed by atoms with Crippen molar-refractivity contribution in [3.8, 4) is 17.1 Å². The predicted molar refractivity (Wildman–Crippen MR) is 113 cm³/mol. The van der Waals surface area contributed by atoms with Crippen molar-refractivity contribution in [3.05, 3.63) is 93.7 Å². The number of nitrogens with zero attached hydrogens (tertiary/aromatic N) is 2. The fraction of sp³-hybridized carbons (Fsp3) is 0.0909. The molecule has 0 radical (unpaired) electrons. The molecule has 0 fully saturated rings. The second-order valence-corrected chi connectivity index (χ2v) is 6.72. The summed E-state index contributed by atoms with van der Waals surface area (Å²) in [5, 5.41) is 1.23. The number of nitrogens with one attached hydrogen (secondary N) is 1. The molecule has 28 heavy (non-hydrogen) atoms. The van der Waals surface area contributed by atoms with Gasteiger partial charge in [0.15, 0.2) is 5.82 Å². The summed E-state index contributed by atoms with van der Waals surface area (Å²) in [6.07, 6.45) is 0. The smallest absolute Gasteiger partial charge is 0.280 e. The average Bonchev–Trinajstić information content (AvgIpc) is 2.74. The van der Waals surface area contributed by atoms with Gasteiger partial charge in [-0.05, 0) is 42.0 Å². The highest BCUT2D eigenvalue weighted by atomic mass is 35.5. The Hall–Kier alpha value is -3.31. The molecule has 0 aliphatic heterocycles. The third-order valence-electron chi connectivity index (χ3n) is 4.46. The lowest BCUT2D eigenvalue weighted by Gasteiger charge is -2.16. The van der Waals surface area contributed by atoms with Crippen LogP contribution in [0, 0.1) is 0 Å². The fourth-order valence-electron chi connectivity index (χ4n) is 3.01. The van der Waals surface area contributed by atoms with E-state index in [9.17, 15) is 4.79 Å². The number of hydrogen-bond acceptors (Lipinski definition) is 4. The summed E-state index contributed by atoms with van der Waals surface area (Å²) in [6, 6.07) is 22.3. The van der Waals surface area contributed by atoms with E-state index in [0.29, 0.717) is 34.0 Å². The van der Waals surface area contributed by atoms with Gasteiger partial charge < -0.3 is 10.2 Å². The van der Waals surface area contributed by atoms with Gasteiger partial charge in [-0.3, -0.25) is 4.79 Å². The molecule has 0 aliphatic rings. The van der Waals surface area contributed by atoms with Crippen LogP contribution in [-0.4, -0.2) is 16.8 Å². The lowest BCUT2D eigenvalue weighted by Crippen LogP contribution is -2.31. The van der Waals surface area contributed by atoms with E-state index >= 15 is 0 Å². The minimum atomic E-state index is -0.155. The number of rotatable bonds is 5. The van der Waals surface area contributed by atoms with E-state index in [2.05, 4.69) is 5.43 Å². The summed E-state index contributed by atoms with van der Waals surface area (Å²) in [7, 11) is 1.61. The maximum Gasteiger partial charge on any atom is 0.280 e. The molecule has 6 heteroatoms. The fourth-order valence-corrected chi connectivity index (χ4v) is 3.13. The SMILES string of the molecule is COc1cccc(-c2nc3ccccc3c(=O)n2NCc2ccc(Cl)cc2)c1. The van der Waals surface area contributed by atoms with Gasteiger partial charge in [0, 0.05) is 10.6 Å². The van der Waals surface area contributed by atoms with E-state index in [1.807, 2.05) is 66.7 Å². The second-order valence-electron chi connectivity index (χ2n) is 6.29. The molecule has 0 unspecified atom stereocenters. The van der Waals surface area contributed by atoms with E-state index in [4.69, 9.17) is 21.3 Å². The first kappa shape index (κ1) is 18.1. The molecule has 1 heterocycles. The predicted octanol–water partition coefficient (Wildman–Crippen LogP) is 4.47. The molecule has 0 amide bonds. The zero-order chi connectivity index (χ0) is 19.5. The Labute approximate surface area is 167 Å². The zero-order valence-corrected chi connectivity index (χ0v) is 16.0. The van der Waals surface area contributed by atoms with E-state index in [-0.39, 0.29) is 5.56 Å². The van der Waals surface area contributed by atoms with Gasteiger partial charge in [-0.1, -0.05) is 48.0 Å². The molecule has 0 saturated heterocycles. The number of benzene rings is 3. The van der Waals surface area contributed by atoms with Crippen molar-refractivity contribution in [3.63, 3.8) is 0 Å². The summed E-state index contributed by atoms with van der Waals surface area (Å²) in [5.41, 5.74) is 5.48. The third kappa shape index (κ3) is 3.57. The minimum Gasteiger partial charge on any atom is -0.497 e. The van der Waals surface area contributed by atoms with Gasteiger partial charge in [-0.15, -0.1) is 0 Å². The van der Waals surface area contributed by atoms with Crippen molar-refractivity contribution >= 4 is 22.5 Å². The highest BCUT2D eigenvalue weighted by Crippen LogP contribution is 2.23. The number of fused-ring (bicyclic) bond motifs is 1. The number of hydrogen-bond donors (Lipinski definition) is 1. The van der Waals surface area contributed by atoms with E-state index in [0.717, 1.165) is 11.1 Å². The van der Waals surface area contributed by atoms with Crippen molar-refractivity contribution in [1.29, 1.82) is 0 Å². The van der Waals surface area contributed by atoms with Crippen LogP contribution in [0.15, 0.2) is 77.6 Å². The number of methoxy groups -OCH3 is 1. The Morgan fingerprint density at radius 2 is 1.82 bits per heavy atom. The summed E-state index contributed by atoms with van der Waals surface area (Å²) >= 11 is 5.96. The zero-order valence-electron chi connectivity index (χ0n) is 15.2. The molecule has 5 nitrogen and oxygen atoms in total. The molecule has 0 saturated carbocycles.